The van der Waals surface area contributed by atoms with Gasteiger partial charge in [-0.25, -0.2) is 4.39 Å². The molecule has 100 valence electrons. The first-order valence-corrected chi connectivity index (χ1v) is 7.26. The number of hydrogen-bond acceptors (Lipinski definition) is 3. The van der Waals surface area contributed by atoms with Crippen molar-refractivity contribution in [3.05, 3.63) is 28.0 Å². The summed E-state index contributed by atoms with van der Waals surface area (Å²) < 4.78 is 20.1. The van der Waals surface area contributed by atoms with Crippen LogP contribution in [0.1, 0.15) is 24.8 Å². The fourth-order valence-electron chi connectivity index (χ4n) is 2.60. The molecule has 1 saturated carbocycles. The molecule has 3 nitrogen and oxygen atoms in total. The van der Waals surface area contributed by atoms with Crippen LogP contribution in [0.15, 0.2) is 16.6 Å². The molecule has 5 heteroatoms. The van der Waals surface area contributed by atoms with E-state index in [1.54, 1.807) is 12.1 Å². The zero-order valence-electron chi connectivity index (χ0n) is 10.3. The molecule has 2 unspecified atom stereocenters. The molecule has 19 heavy (non-hydrogen) atoms. The molecule has 3 rings (SSSR count). The second-order valence-electron chi connectivity index (χ2n) is 5.11. The molecule has 0 amide bonds. The van der Waals surface area contributed by atoms with Crippen LogP contribution in [0, 0.1) is 23.1 Å². The van der Waals surface area contributed by atoms with Crippen LogP contribution in [0.2, 0.25) is 0 Å². The molecule has 1 heterocycles. The molecule has 0 radical (unpaired) electrons. The fraction of sp³-hybridized carbons (Fsp3) is 0.500. The second-order valence-corrected chi connectivity index (χ2v) is 5.91. The molecule has 0 bridgehead atoms. The maximum atomic E-state index is 14.1. The molecule has 1 aromatic rings. The van der Waals surface area contributed by atoms with Gasteiger partial charge >= 0.3 is 0 Å². The molecule has 2 aliphatic rings. The van der Waals surface area contributed by atoms with Crippen molar-refractivity contribution in [3.8, 4) is 6.07 Å². The molecule has 1 aliphatic heterocycles. The summed E-state index contributed by atoms with van der Waals surface area (Å²) in [6.07, 6.45) is 3.53. The van der Waals surface area contributed by atoms with Gasteiger partial charge in [-0.3, -0.25) is 0 Å². The molecule has 2 fully saturated rings. The smallest absolute Gasteiger partial charge is 0.161 e. The first kappa shape index (κ1) is 12.9. The van der Waals surface area contributed by atoms with E-state index in [1.165, 1.54) is 12.8 Å². The van der Waals surface area contributed by atoms with Crippen LogP contribution in [0.5, 0.6) is 0 Å². The van der Waals surface area contributed by atoms with Gasteiger partial charge in [-0.1, -0.05) is 0 Å². The van der Waals surface area contributed by atoms with E-state index in [9.17, 15) is 4.39 Å². The minimum atomic E-state index is -0.402. The predicted octanol–water partition coefficient (Wildman–Crippen LogP) is 3.44. The fourth-order valence-corrected chi connectivity index (χ4v) is 3.04. The highest BCUT2D eigenvalue weighted by Crippen LogP contribution is 2.40. The summed E-state index contributed by atoms with van der Waals surface area (Å²) >= 11 is 3.13. The molecule has 1 N–H and O–H groups in total. The van der Waals surface area contributed by atoms with Gasteiger partial charge in [0.15, 0.2) is 5.82 Å². The normalized spacial score (nSPS) is 26.2. The molecule has 0 aromatic heterocycles. The van der Waals surface area contributed by atoms with Crippen LogP contribution in [-0.4, -0.2) is 18.8 Å². The van der Waals surface area contributed by atoms with Crippen LogP contribution in [0.3, 0.4) is 0 Å². The van der Waals surface area contributed by atoms with E-state index in [2.05, 4.69) is 21.2 Å². The number of nitriles is 1. The largest absolute Gasteiger partial charge is 0.377 e. The summed E-state index contributed by atoms with van der Waals surface area (Å²) in [5.41, 5.74) is 0.747. The van der Waals surface area contributed by atoms with Crippen molar-refractivity contribution in [2.45, 2.75) is 31.4 Å². The van der Waals surface area contributed by atoms with Gasteiger partial charge in [0.05, 0.1) is 27.9 Å². The van der Waals surface area contributed by atoms with Crippen molar-refractivity contribution in [2.75, 3.05) is 11.9 Å². The number of hydrogen-bond donors (Lipinski definition) is 1. The van der Waals surface area contributed by atoms with Crippen molar-refractivity contribution < 1.29 is 9.13 Å². The Morgan fingerprint density at radius 2 is 2.16 bits per heavy atom. The lowest BCUT2D eigenvalue weighted by molar-refractivity contribution is 0.0898. The molecule has 1 aromatic carbocycles. The SMILES string of the molecule is N#Cc1ccc(NC2CCOC2C2CC2)c(F)c1Br. The van der Waals surface area contributed by atoms with Crippen molar-refractivity contribution in [1.82, 2.24) is 0 Å². The third-order valence-electron chi connectivity index (χ3n) is 3.77. The summed E-state index contributed by atoms with van der Waals surface area (Å²) in [6.45, 7) is 0.734. The number of anilines is 1. The lowest BCUT2D eigenvalue weighted by atomic mass is 10.1. The highest BCUT2D eigenvalue weighted by Gasteiger charge is 2.40. The van der Waals surface area contributed by atoms with E-state index < -0.39 is 5.82 Å². The van der Waals surface area contributed by atoms with E-state index in [1.807, 2.05) is 6.07 Å². The van der Waals surface area contributed by atoms with Gasteiger partial charge in [-0.05, 0) is 53.2 Å². The van der Waals surface area contributed by atoms with Gasteiger partial charge in [0.1, 0.15) is 6.07 Å². The first-order chi connectivity index (χ1) is 9.20. The number of rotatable bonds is 3. The van der Waals surface area contributed by atoms with Crippen molar-refractivity contribution in [3.63, 3.8) is 0 Å². The van der Waals surface area contributed by atoms with Gasteiger partial charge in [0.25, 0.3) is 0 Å². The summed E-state index contributed by atoms with van der Waals surface area (Å²) in [7, 11) is 0. The Balaban J connectivity index is 1.80. The zero-order chi connectivity index (χ0) is 13.4. The average Bonchev–Trinajstić information content (AvgIpc) is 3.16. The van der Waals surface area contributed by atoms with E-state index >= 15 is 0 Å². The number of ether oxygens (including phenoxy) is 1. The highest BCUT2D eigenvalue weighted by molar-refractivity contribution is 9.10. The van der Waals surface area contributed by atoms with Crippen molar-refractivity contribution >= 4 is 21.6 Å². The summed E-state index contributed by atoms with van der Waals surface area (Å²) in [5, 5.41) is 12.1. The van der Waals surface area contributed by atoms with Gasteiger partial charge in [0.2, 0.25) is 0 Å². The number of nitrogens with zero attached hydrogens (tertiary/aromatic N) is 1. The number of halogens is 2. The summed E-state index contributed by atoms with van der Waals surface area (Å²) in [5.74, 6) is 0.227. The third-order valence-corrected chi connectivity index (χ3v) is 4.54. The van der Waals surface area contributed by atoms with Crippen molar-refractivity contribution in [2.24, 2.45) is 5.92 Å². The quantitative estimate of drug-likeness (QED) is 0.926. The van der Waals surface area contributed by atoms with E-state index in [4.69, 9.17) is 10.00 Å². The molecule has 2 atom stereocenters. The summed E-state index contributed by atoms with van der Waals surface area (Å²) in [6, 6.07) is 5.37. The zero-order valence-corrected chi connectivity index (χ0v) is 11.9. The second kappa shape index (κ2) is 5.10. The lowest BCUT2D eigenvalue weighted by Crippen LogP contribution is -2.31. The van der Waals surface area contributed by atoms with Crippen LogP contribution in [0.25, 0.3) is 0 Å². The maximum absolute atomic E-state index is 14.1. The molecular weight excluding hydrogens is 311 g/mol. The van der Waals surface area contributed by atoms with Crippen LogP contribution in [-0.2, 0) is 4.74 Å². The number of benzene rings is 1. The maximum Gasteiger partial charge on any atom is 0.161 e. The van der Waals surface area contributed by atoms with Crippen molar-refractivity contribution in [1.29, 1.82) is 5.26 Å². The predicted molar refractivity (Wildman–Crippen MR) is 73.3 cm³/mol. The minimum Gasteiger partial charge on any atom is -0.377 e. The third kappa shape index (κ3) is 2.47. The van der Waals surface area contributed by atoms with Gasteiger partial charge in [0, 0.05) is 6.61 Å². The Morgan fingerprint density at radius 3 is 2.84 bits per heavy atom. The lowest BCUT2D eigenvalue weighted by Gasteiger charge is -2.21. The summed E-state index contributed by atoms with van der Waals surface area (Å²) in [4.78, 5) is 0. The molecule has 1 saturated heterocycles. The standard InChI is InChI=1S/C14H14BrFN2O/c15-12-9(7-17)3-4-10(13(12)16)18-11-5-6-19-14(11)8-1-2-8/h3-4,8,11,14,18H,1-2,5-6H2. The topological polar surface area (TPSA) is 45.0 Å². The van der Waals surface area contributed by atoms with Crippen LogP contribution < -0.4 is 5.32 Å². The highest BCUT2D eigenvalue weighted by atomic mass is 79.9. The molecule has 0 spiro atoms. The Labute approximate surface area is 119 Å². The van der Waals surface area contributed by atoms with Gasteiger partial charge in [-0.2, -0.15) is 5.26 Å². The number of nitrogens with one attached hydrogen (secondary N) is 1. The molecule has 1 aliphatic carbocycles. The Bertz CT molecular complexity index is 539. The monoisotopic (exact) mass is 324 g/mol. The Kier molecular flexibility index (Phi) is 3.46. The van der Waals surface area contributed by atoms with Crippen LogP contribution >= 0.6 is 15.9 Å². The van der Waals surface area contributed by atoms with Gasteiger partial charge in [-0.15, -0.1) is 0 Å². The Morgan fingerprint density at radius 1 is 1.37 bits per heavy atom. The molecular formula is C14H14BrFN2O. The average molecular weight is 325 g/mol. The van der Waals surface area contributed by atoms with Gasteiger partial charge < -0.3 is 10.1 Å². The Hall–Kier alpha value is -1.12. The van der Waals surface area contributed by atoms with E-state index in [0.717, 1.165) is 13.0 Å². The van der Waals surface area contributed by atoms with Crippen LogP contribution in [0.4, 0.5) is 10.1 Å². The van der Waals surface area contributed by atoms with E-state index in [-0.39, 0.29) is 16.6 Å². The minimum absolute atomic E-state index is 0.168. The van der Waals surface area contributed by atoms with E-state index in [0.29, 0.717) is 17.2 Å². The first-order valence-electron chi connectivity index (χ1n) is 6.47.